The molecule has 1 aliphatic carbocycles. The Hall–Kier alpha value is -4.59. The van der Waals surface area contributed by atoms with Crippen molar-refractivity contribution in [2.75, 3.05) is 0 Å². The molecule has 5 rings (SSSR count). The molecule has 0 N–H and O–H groups in total. The maximum Gasteiger partial charge on any atom is 0.343 e. The summed E-state index contributed by atoms with van der Waals surface area (Å²) < 4.78 is 19.2. The van der Waals surface area contributed by atoms with E-state index in [-0.39, 0.29) is 17.4 Å². The van der Waals surface area contributed by atoms with Crippen molar-refractivity contribution in [1.29, 1.82) is 0 Å². The van der Waals surface area contributed by atoms with Gasteiger partial charge in [0.05, 0.1) is 10.5 Å². The minimum absolute atomic E-state index is 0.101. The van der Waals surface area contributed by atoms with Gasteiger partial charge in [-0.1, -0.05) is 72.8 Å². The van der Waals surface area contributed by atoms with Crippen molar-refractivity contribution in [3.8, 4) is 0 Å². The Bertz CT molecular complexity index is 1490. The molecule has 41 heavy (non-hydrogen) atoms. The highest BCUT2D eigenvalue weighted by atomic mass is 16.7. The van der Waals surface area contributed by atoms with Crippen LogP contribution in [0.25, 0.3) is 5.57 Å². The van der Waals surface area contributed by atoms with Crippen LogP contribution in [0.1, 0.15) is 47.2 Å². The number of allylic oxidation sites excluding steroid dienone is 2. The fraction of sp³-hybridized carbons (Fsp3) is 0.206. The summed E-state index contributed by atoms with van der Waals surface area (Å²) in [6.07, 6.45) is 6.96. The van der Waals surface area contributed by atoms with Crippen LogP contribution in [0.15, 0.2) is 128 Å². The van der Waals surface area contributed by atoms with Crippen LogP contribution in [0.2, 0.25) is 0 Å². The van der Waals surface area contributed by atoms with E-state index in [2.05, 4.69) is 13.2 Å². The first-order valence-electron chi connectivity index (χ1n) is 13.5. The summed E-state index contributed by atoms with van der Waals surface area (Å²) in [4.78, 5) is 23.9. The number of nitro benzene ring substituents is 1. The third kappa shape index (κ3) is 5.68. The molecule has 3 aromatic rings. The highest BCUT2D eigenvalue weighted by molar-refractivity contribution is 5.91. The fourth-order valence-electron chi connectivity index (χ4n) is 5.50. The number of carbonyl (C=O) groups excluding carboxylic acids is 1. The molecule has 0 bridgehead atoms. The smallest absolute Gasteiger partial charge is 0.343 e. The van der Waals surface area contributed by atoms with Crippen molar-refractivity contribution in [2.24, 2.45) is 0 Å². The molecule has 0 spiro atoms. The Balaban J connectivity index is 1.62. The summed E-state index contributed by atoms with van der Waals surface area (Å²) in [5.74, 6) is -0.199. The normalized spacial score (nSPS) is 22.1. The fourth-order valence-corrected chi connectivity index (χ4v) is 5.50. The van der Waals surface area contributed by atoms with Crippen LogP contribution in [0.5, 0.6) is 0 Å². The first-order valence-corrected chi connectivity index (χ1v) is 13.5. The van der Waals surface area contributed by atoms with Crippen LogP contribution >= 0.6 is 0 Å². The molecular weight excluding hydrogens is 518 g/mol. The monoisotopic (exact) mass is 549 g/mol. The molecule has 208 valence electrons. The van der Waals surface area contributed by atoms with Crippen LogP contribution in [-0.2, 0) is 19.8 Å². The first kappa shape index (κ1) is 28.0. The third-order valence-corrected chi connectivity index (χ3v) is 7.39. The number of benzene rings is 3. The standard InChI is InChI=1S/C34H31NO6/c1-3-11-31-34(26-15-9-6-10-16-26,41-32(40-31)12-4-2)27-19-22-29(24-13-7-5-8-14-24)30(23-27)39-33(36)25-17-20-28(21-18-25)35(37)38/h3-10,13-18,20-21,23,31-32H,1-2,11-12,19,22H2/t31-,32-,34+/m0/s1. The highest BCUT2D eigenvalue weighted by Crippen LogP contribution is 2.51. The van der Waals surface area contributed by atoms with E-state index < -0.39 is 22.8 Å². The maximum absolute atomic E-state index is 13.3. The minimum Gasteiger partial charge on any atom is -0.423 e. The summed E-state index contributed by atoms with van der Waals surface area (Å²) >= 11 is 0. The predicted octanol–water partition coefficient (Wildman–Crippen LogP) is 7.67. The zero-order valence-corrected chi connectivity index (χ0v) is 22.6. The lowest BCUT2D eigenvalue weighted by Gasteiger charge is -2.37. The number of hydrogen-bond donors (Lipinski definition) is 0. The van der Waals surface area contributed by atoms with Crippen LogP contribution in [0.4, 0.5) is 5.69 Å². The summed E-state index contributed by atoms with van der Waals surface area (Å²) in [6.45, 7) is 7.82. The topological polar surface area (TPSA) is 87.9 Å². The number of nitrogens with zero attached hydrogens (tertiary/aromatic N) is 1. The summed E-state index contributed by atoms with van der Waals surface area (Å²) in [5.41, 5.74) is 2.87. The first-order chi connectivity index (χ1) is 20.0. The molecule has 0 radical (unpaired) electrons. The van der Waals surface area contributed by atoms with E-state index in [4.69, 9.17) is 14.2 Å². The Morgan fingerprint density at radius 1 is 0.951 bits per heavy atom. The average Bonchev–Trinajstić information content (AvgIpc) is 3.37. The van der Waals surface area contributed by atoms with E-state index in [9.17, 15) is 14.9 Å². The van der Waals surface area contributed by atoms with Gasteiger partial charge >= 0.3 is 5.97 Å². The van der Waals surface area contributed by atoms with E-state index in [0.717, 1.165) is 22.3 Å². The number of rotatable bonds is 10. The van der Waals surface area contributed by atoms with E-state index >= 15 is 0 Å². The van der Waals surface area contributed by atoms with Gasteiger partial charge in [-0.3, -0.25) is 10.1 Å². The largest absolute Gasteiger partial charge is 0.423 e. The SMILES string of the molecule is C=CC[C@H]1O[C@@H](CC=C)[C@](C2=CC(OC(=O)c3ccc([N+](=O)[O-])cc3)=C(c3ccccc3)CC2)(c2ccccc2)O1. The zero-order chi connectivity index (χ0) is 28.8. The van der Waals surface area contributed by atoms with E-state index in [1.54, 1.807) is 6.08 Å². The maximum atomic E-state index is 13.3. The Labute approximate surface area is 239 Å². The number of esters is 1. The summed E-state index contributed by atoms with van der Waals surface area (Å²) in [6, 6.07) is 25.1. The molecule has 1 saturated heterocycles. The molecule has 1 heterocycles. The molecule has 2 aliphatic rings. The van der Waals surface area contributed by atoms with Crippen molar-refractivity contribution in [3.63, 3.8) is 0 Å². The van der Waals surface area contributed by atoms with Gasteiger partial charge in [0.25, 0.3) is 5.69 Å². The number of nitro groups is 1. The Kier molecular flexibility index (Phi) is 8.38. The van der Waals surface area contributed by atoms with Crippen molar-refractivity contribution in [3.05, 3.63) is 154 Å². The van der Waals surface area contributed by atoms with E-state index in [0.29, 0.717) is 31.4 Å². The van der Waals surface area contributed by atoms with Crippen molar-refractivity contribution in [2.45, 2.75) is 43.7 Å². The van der Waals surface area contributed by atoms with Gasteiger partial charge in [0.1, 0.15) is 17.5 Å². The van der Waals surface area contributed by atoms with Gasteiger partial charge < -0.3 is 14.2 Å². The van der Waals surface area contributed by atoms with Gasteiger partial charge in [0.2, 0.25) is 0 Å². The predicted molar refractivity (Wildman–Crippen MR) is 157 cm³/mol. The Morgan fingerprint density at radius 3 is 2.24 bits per heavy atom. The lowest BCUT2D eigenvalue weighted by atomic mass is 9.75. The Morgan fingerprint density at radius 2 is 1.61 bits per heavy atom. The summed E-state index contributed by atoms with van der Waals surface area (Å²) in [5, 5.41) is 11.1. The number of hydrogen-bond acceptors (Lipinski definition) is 6. The third-order valence-electron chi connectivity index (χ3n) is 7.39. The van der Waals surface area contributed by atoms with Crippen LogP contribution < -0.4 is 0 Å². The lowest BCUT2D eigenvalue weighted by Crippen LogP contribution is -2.40. The number of ether oxygens (including phenoxy) is 3. The second-order valence-electron chi connectivity index (χ2n) is 9.89. The average molecular weight is 550 g/mol. The molecule has 0 amide bonds. The van der Waals surface area contributed by atoms with Gasteiger partial charge in [-0.2, -0.15) is 0 Å². The van der Waals surface area contributed by atoms with Crippen LogP contribution in [-0.4, -0.2) is 23.3 Å². The number of non-ortho nitro benzene ring substituents is 1. The van der Waals surface area contributed by atoms with Gasteiger partial charge in [0, 0.05) is 24.1 Å². The van der Waals surface area contributed by atoms with Gasteiger partial charge in [0.15, 0.2) is 6.29 Å². The van der Waals surface area contributed by atoms with Crippen molar-refractivity contribution in [1.82, 2.24) is 0 Å². The highest BCUT2D eigenvalue weighted by Gasteiger charge is 2.53. The van der Waals surface area contributed by atoms with Crippen molar-refractivity contribution < 1.29 is 23.9 Å². The van der Waals surface area contributed by atoms with Gasteiger partial charge in [-0.25, -0.2) is 4.79 Å². The second-order valence-corrected chi connectivity index (χ2v) is 9.89. The number of carbonyl (C=O) groups is 1. The molecule has 7 heteroatoms. The lowest BCUT2D eigenvalue weighted by molar-refractivity contribution is -0.384. The van der Waals surface area contributed by atoms with Crippen molar-refractivity contribution >= 4 is 17.2 Å². The molecule has 0 aromatic heterocycles. The molecule has 0 saturated carbocycles. The van der Waals surface area contributed by atoms with E-state index in [1.807, 2.05) is 72.8 Å². The van der Waals surface area contributed by atoms with E-state index in [1.165, 1.54) is 24.3 Å². The summed E-state index contributed by atoms with van der Waals surface area (Å²) in [7, 11) is 0. The molecule has 1 fully saturated rings. The van der Waals surface area contributed by atoms with Gasteiger partial charge in [-0.15, -0.1) is 13.2 Å². The molecule has 7 nitrogen and oxygen atoms in total. The van der Waals surface area contributed by atoms with Crippen LogP contribution in [0.3, 0.4) is 0 Å². The second kappa shape index (κ2) is 12.3. The van der Waals surface area contributed by atoms with Crippen LogP contribution in [0, 0.1) is 10.1 Å². The molecule has 0 unspecified atom stereocenters. The van der Waals surface area contributed by atoms with Gasteiger partial charge in [-0.05, 0) is 54.2 Å². The molecule has 1 aliphatic heterocycles. The molecular formula is C34H31NO6. The molecule has 3 aromatic carbocycles. The quantitative estimate of drug-likeness (QED) is 0.112. The molecule has 3 atom stereocenters. The zero-order valence-electron chi connectivity index (χ0n) is 22.6. The minimum atomic E-state index is -0.934.